The molecule has 2 rings (SSSR count). The zero-order chi connectivity index (χ0) is 11.9. The Bertz CT molecular complexity index is 434. The van der Waals surface area contributed by atoms with Crippen LogP contribution in [0, 0.1) is 0 Å². The summed E-state index contributed by atoms with van der Waals surface area (Å²) in [7, 11) is 0. The van der Waals surface area contributed by atoms with Crippen molar-refractivity contribution >= 4 is 0 Å². The molecule has 0 saturated heterocycles. The molecular formula is C14H19N3. The molecule has 0 aliphatic carbocycles. The smallest absolute Gasteiger partial charge is 0.0521 e. The van der Waals surface area contributed by atoms with Gasteiger partial charge in [0, 0.05) is 12.7 Å². The second-order valence-corrected chi connectivity index (χ2v) is 4.24. The molecule has 0 radical (unpaired) electrons. The van der Waals surface area contributed by atoms with Gasteiger partial charge in [-0.3, -0.25) is 4.68 Å². The summed E-state index contributed by atoms with van der Waals surface area (Å²) in [6.45, 7) is 1.68. The van der Waals surface area contributed by atoms with Gasteiger partial charge < -0.3 is 5.73 Å². The average Bonchev–Trinajstić information content (AvgIpc) is 2.83. The van der Waals surface area contributed by atoms with Crippen molar-refractivity contribution in [2.24, 2.45) is 5.73 Å². The molecule has 2 N–H and O–H groups in total. The first-order valence-corrected chi connectivity index (χ1v) is 6.14. The molecule has 0 saturated carbocycles. The quantitative estimate of drug-likeness (QED) is 0.823. The van der Waals surface area contributed by atoms with Crippen molar-refractivity contribution in [2.45, 2.75) is 25.8 Å². The highest BCUT2D eigenvalue weighted by atomic mass is 15.3. The van der Waals surface area contributed by atoms with Gasteiger partial charge in [0.1, 0.15) is 0 Å². The van der Waals surface area contributed by atoms with E-state index in [-0.39, 0.29) is 0 Å². The van der Waals surface area contributed by atoms with E-state index in [9.17, 15) is 0 Å². The van der Waals surface area contributed by atoms with E-state index in [1.807, 2.05) is 16.9 Å². The minimum absolute atomic E-state index is 0.745. The minimum atomic E-state index is 0.745. The summed E-state index contributed by atoms with van der Waals surface area (Å²) in [5.41, 5.74) is 8.12. The van der Waals surface area contributed by atoms with Crippen LogP contribution in [0.2, 0.25) is 0 Å². The summed E-state index contributed by atoms with van der Waals surface area (Å²) in [5, 5.41) is 4.36. The van der Waals surface area contributed by atoms with Gasteiger partial charge in [0.05, 0.1) is 6.20 Å². The van der Waals surface area contributed by atoms with Crippen LogP contribution in [-0.2, 0) is 19.4 Å². The molecule has 3 heteroatoms. The third-order valence-corrected chi connectivity index (χ3v) is 2.83. The molecule has 0 unspecified atom stereocenters. The number of rotatable bonds is 6. The Balaban J connectivity index is 1.85. The fourth-order valence-electron chi connectivity index (χ4n) is 1.85. The van der Waals surface area contributed by atoms with Crippen LogP contribution in [0.5, 0.6) is 0 Å². The lowest BCUT2D eigenvalue weighted by Gasteiger charge is -2.01. The summed E-state index contributed by atoms with van der Waals surface area (Å²) >= 11 is 0. The predicted octanol–water partition coefficient (Wildman–Crippen LogP) is 2.02. The van der Waals surface area contributed by atoms with E-state index in [4.69, 9.17) is 5.73 Å². The molecule has 90 valence electrons. The van der Waals surface area contributed by atoms with Crippen molar-refractivity contribution in [3.63, 3.8) is 0 Å². The van der Waals surface area contributed by atoms with Gasteiger partial charge in [0.2, 0.25) is 0 Å². The van der Waals surface area contributed by atoms with E-state index in [0.29, 0.717) is 0 Å². The molecule has 0 aliphatic rings. The van der Waals surface area contributed by atoms with Gasteiger partial charge in [-0.2, -0.15) is 5.10 Å². The maximum absolute atomic E-state index is 5.49. The molecule has 0 bridgehead atoms. The number of nitrogens with two attached hydrogens (primary N) is 1. The zero-order valence-electron chi connectivity index (χ0n) is 10.0. The van der Waals surface area contributed by atoms with E-state index in [2.05, 4.69) is 35.6 Å². The molecule has 0 aliphatic heterocycles. The molecule has 0 atom stereocenters. The molecule has 0 spiro atoms. The first kappa shape index (κ1) is 11.9. The van der Waals surface area contributed by atoms with Gasteiger partial charge in [-0.05, 0) is 36.9 Å². The number of hydrogen-bond acceptors (Lipinski definition) is 2. The number of aromatic nitrogens is 2. The summed E-state index contributed by atoms with van der Waals surface area (Å²) in [6, 6.07) is 10.5. The van der Waals surface area contributed by atoms with Gasteiger partial charge in [-0.25, -0.2) is 0 Å². The lowest BCUT2D eigenvalue weighted by molar-refractivity contribution is 0.614. The highest BCUT2D eigenvalue weighted by Gasteiger charge is 1.98. The SMILES string of the molecule is NCCCc1cnn(CCc2ccccc2)c1. The highest BCUT2D eigenvalue weighted by molar-refractivity contribution is 5.14. The van der Waals surface area contributed by atoms with Crippen LogP contribution in [0.15, 0.2) is 42.7 Å². The Kier molecular flexibility index (Phi) is 4.33. The Morgan fingerprint density at radius 3 is 2.65 bits per heavy atom. The summed E-state index contributed by atoms with van der Waals surface area (Å²) in [5.74, 6) is 0. The monoisotopic (exact) mass is 229 g/mol. The maximum Gasteiger partial charge on any atom is 0.0521 e. The molecular weight excluding hydrogens is 210 g/mol. The van der Waals surface area contributed by atoms with E-state index < -0.39 is 0 Å². The molecule has 17 heavy (non-hydrogen) atoms. The molecule has 1 aromatic heterocycles. The second kappa shape index (κ2) is 6.21. The van der Waals surface area contributed by atoms with E-state index in [1.54, 1.807) is 0 Å². The van der Waals surface area contributed by atoms with Gasteiger partial charge in [0.25, 0.3) is 0 Å². The summed E-state index contributed by atoms with van der Waals surface area (Å²) < 4.78 is 2.01. The average molecular weight is 229 g/mol. The van der Waals surface area contributed by atoms with E-state index in [1.165, 1.54) is 11.1 Å². The Morgan fingerprint density at radius 1 is 1.06 bits per heavy atom. The van der Waals surface area contributed by atoms with Crippen molar-refractivity contribution in [2.75, 3.05) is 6.54 Å². The van der Waals surface area contributed by atoms with E-state index >= 15 is 0 Å². The van der Waals surface area contributed by atoms with E-state index in [0.717, 1.165) is 32.4 Å². The highest BCUT2D eigenvalue weighted by Crippen LogP contribution is 2.04. The Morgan fingerprint density at radius 2 is 1.88 bits per heavy atom. The number of nitrogens with zero attached hydrogens (tertiary/aromatic N) is 2. The number of benzene rings is 1. The van der Waals surface area contributed by atoms with Gasteiger partial charge in [0.15, 0.2) is 0 Å². The van der Waals surface area contributed by atoms with Gasteiger partial charge in [-0.1, -0.05) is 30.3 Å². The first-order chi connectivity index (χ1) is 8.38. The Hall–Kier alpha value is -1.61. The first-order valence-electron chi connectivity index (χ1n) is 6.14. The van der Waals surface area contributed by atoms with Crippen LogP contribution in [-0.4, -0.2) is 16.3 Å². The third-order valence-electron chi connectivity index (χ3n) is 2.83. The van der Waals surface area contributed by atoms with Gasteiger partial charge >= 0.3 is 0 Å². The molecule has 1 aromatic carbocycles. The van der Waals surface area contributed by atoms with Crippen LogP contribution >= 0.6 is 0 Å². The Labute approximate surface area is 102 Å². The molecule has 1 heterocycles. The topological polar surface area (TPSA) is 43.8 Å². The molecule has 0 fully saturated rings. The van der Waals surface area contributed by atoms with Crippen LogP contribution in [0.25, 0.3) is 0 Å². The van der Waals surface area contributed by atoms with Crippen LogP contribution in [0.3, 0.4) is 0 Å². The van der Waals surface area contributed by atoms with Crippen molar-refractivity contribution in [1.29, 1.82) is 0 Å². The molecule has 0 amide bonds. The normalized spacial score (nSPS) is 10.6. The second-order valence-electron chi connectivity index (χ2n) is 4.24. The lowest BCUT2D eigenvalue weighted by atomic mass is 10.1. The minimum Gasteiger partial charge on any atom is -0.330 e. The van der Waals surface area contributed by atoms with Crippen LogP contribution < -0.4 is 5.73 Å². The van der Waals surface area contributed by atoms with Crippen LogP contribution in [0.4, 0.5) is 0 Å². The summed E-state index contributed by atoms with van der Waals surface area (Å²) in [4.78, 5) is 0. The zero-order valence-corrected chi connectivity index (χ0v) is 10.0. The van der Waals surface area contributed by atoms with Crippen molar-refractivity contribution in [1.82, 2.24) is 9.78 Å². The standard InChI is InChI=1S/C14H19N3/c15-9-4-7-14-11-16-17(12-14)10-8-13-5-2-1-3-6-13/h1-3,5-6,11-12H,4,7-10,15H2. The number of aryl methyl sites for hydroxylation is 3. The van der Waals surface area contributed by atoms with Gasteiger partial charge in [-0.15, -0.1) is 0 Å². The molecule has 2 aromatic rings. The van der Waals surface area contributed by atoms with Crippen molar-refractivity contribution < 1.29 is 0 Å². The fraction of sp³-hybridized carbons (Fsp3) is 0.357. The van der Waals surface area contributed by atoms with Crippen molar-refractivity contribution in [3.8, 4) is 0 Å². The van der Waals surface area contributed by atoms with Crippen LogP contribution in [0.1, 0.15) is 17.5 Å². The summed E-state index contributed by atoms with van der Waals surface area (Å²) in [6.07, 6.45) is 7.16. The maximum atomic E-state index is 5.49. The fourth-order valence-corrected chi connectivity index (χ4v) is 1.85. The largest absolute Gasteiger partial charge is 0.330 e. The molecule has 3 nitrogen and oxygen atoms in total. The number of hydrogen-bond donors (Lipinski definition) is 1. The lowest BCUT2D eigenvalue weighted by Crippen LogP contribution is -2.02. The van der Waals surface area contributed by atoms with Crippen molar-refractivity contribution in [3.05, 3.63) is 53.9 Å². The predicted molar refractivity (Wildman–Crippen MR) is 69.7 cm³/mol. The third kappa shape index (κ3) is 3.71.